The molecule has 0 saturated heterocycles. The highest BCUT2D eigenvalue weighted by molar-refractivity contribution is 6.64. The molecular weight excluding hydrogens is 188 g/mol. The van der Waals surface area contributed by atoms with E-state index in [0.29, 0.717) is 0 Å². The molecule has 4 nitrogen and oxygen atoms in total. The fraction of sp³-hybridized carbons (Fsp3) is 0.333. The third kappa shape index (κ3) is 1.64. The highest BCUT2D eigenvalue weighted by atomic mass is 28.2. The van der Waals surface area contributed by atoms with Crippen molar-refractivity contribution < 1.29 is 0 Å². The van der Waals surface area contributed by atoms with Crippen molar-refractivity contribution >= 4 is 29.5 Å². The number of aromatic amines is 2. The van der Waals surface area contributed by atoms with Crippen LogP contribution in [-0.4, -0.2) is 29.0 Å². The first-order valence-corrected chi connectivity index (χ1v) is 8.27. The molecule has 6 heteroatoms. The van der Waals surface area contributed by atoms with E-state index in [9.17, 15) is 9.59 Å². The molecule has 0 unspecified atom stereocenters. The Kier molecular flexibility index (Phi) is 2.82. The van der Waals surface area contributed by atoms with Gasteiger partial charge in [-0.2, -0.15) is 0 Å². The molecule has 0 fully saturated rings. The number of hydrogen-bond acceptors (Lipinski definition) is 2. The summed E-state index contributed by atoms with van der Waals surface area (Å²) in [5, 5.41) is 1.82. The molecule has 0 saturated carbocycles. The molecule has 2 N–H and O–H groups in total. The molecule has 0 bridgehead atoms. The minimum absolute atomic E-state index is 0.169. The lowest BCUT2D eigenvalue weighted by Crippen LogP contribution is -2.51. The Hall–Kier alpha value is -0.886. The first kappa shape index (κ1) is 9.20. The van der Waals surface area contributed by atoms with E-state index in [-0.39, 0.29) is 11.2 Å². The van der Waals surface area contributed by atoms with Gasteiger partial charge in [-0.15, -0.1) is 0 Å². The van der Waals surface area contributed by atoms with Gasteiger partial charge < -0.3 is 4.98 Å². The van der Waals surface area contributed by atoms with E-state index in [1.165, 1.54) is 0 Å². The van der Waals surface area contributed by atoms with Crippen molar-refractivity contribution in [3.63, 3.8) is 0 Å². The highest BCUT2D eigenvalue weighted by Crippen LogP contribution is 1.58. The van der Waals surface area contributed by atoms with Gasteiger partial charge in [0.2, 0.25) is 0 Å². The van der Waals surface area contributed by atoms with Crippen LogP contribution in [0, 0.1) is 0 Å². The van der Waals surface area contributed by atoms with Crippen LogP contribution in [0.5, 0.6) is 0 Å². The highest BCUT2D eigenvalue weighted by Gasteiger charge is 2.04. The molecule has 1 aromatic rings. The van der Waals surface area contributed by atoms with Crippen molar-refractivity contribution in [2.75, 3.05) is 0 Å². The number of H-pyrrole nitrogens is 2. The van der Waals surface area contributed by atoms with E-state index in [4.69, 9.17) is 0 Å². The summed E-state index contributed by atoms with van der Waals surface area (Å²) in [6, 6.07) is 0. The largest absolute Gasteiger partial charge is 0.325 e. The van der Waals surface area contributed by atoms with Gasteiger partial charge in [-0.05, 0) is 5.32 Å². The summed E-state index contributed by atoms with van der Waals surface area (Å²) in [6.45, 7) is 4.12. The van der Waals surface area contributed by atoms with Crippen LogP contribution in [-0.2, 0) is 0 Å². The second kappa shape index (κ2) is 3.68. The topological polar surface area (TPSA) is 65.7 Å². The summed E-state index contributed by atoms with van der Waals surface area (Å²) in [5.74, 6) is 0. The van der Waals surface area contributed by atoms with Crippen LogP contribution in [0.4, 0.5) is 0 Å². The Morgan fingerprint density at radius 3 is 2.25 bits per heavy atom. The van der Waals surface area contributed by atoms with Gasteiger partial charge in [0.1, 0.15) is 0 Å². The Balaban J connectivity index is 3.44. The molecule has 0 radical (unpaired) electrons. The number of rotatable bonds is 2. The Morgan fingerprint density at radius 1 is 1.08 bits per heavy atom. The second-order valence-electron chi connectivity index (χ2n) is 2.57. The van der Waals surface area contributed by atoms with Crippen molar-refractivity contribution in [1.82, 2.24) is 9.97 Å². The molecule has 1 rings (SSSR count). The van der Waals surface area contributed by atoms with Crippen LogP contribution in [0.2, 0.25) is 13.1 Å². The normalized spacial score (nSPS) is 12.2. The van der Waals surface area contributed by atoms with E-state index in [1.54, 1.807) is 0 Å². The van der Waals surface area contributed by atoms with Crippen LogP contribution in [0.15, 0.2) is 9.59 Å². The maximum absolute atomic E-state index is 11.2. The summed E-state index contributed by atoms with van der Waals surface area (Å²) in [6.07, 6.45) is 0. The zero-order valence-corrected chi connectivity index (χ0v) is 10.1. The van der Waals surface area contributed by atoms with Crippen LogP contribution >= 0.6 is 0 Å². The molecule has 1 aromatic heterocycles. The summed E-state index contributed by atoms with van der Waals surface area (Å²) in [4.78, 5) is 27.1. The van der Waals surface area contributed by atoms with Gasteiger partial charge in [0, 0.05) is 5.19 Å². The minimum Gasteiger partial charge on any atom is -0.316 e. The molecule has 0 aliphatic heterocycles. The molecule has 1 heterocycles. The van der Waals surface area contributed by atoms with Crippen LogP contribution in [0.3, 0.4) is 0 Å². The smallest absolute Gasteiger partial charge is 0.316 e. The molecule has 66 valence electrons. The Labute approximate surface area is 74.1 Å². The van der Waals surface area contributed by atoms with Crippen LogP contribution in [0.25, 0.3) is 0 Å². The predicted octanol–water partition coefficient (Wildman–Crippen LogP) is -3.25. The molecule has 0 aromatic carbocycles. The van der Waals surface area contributed by atoms with E-state index in [2.05, 4.69) is 23.1 Å². The number of nitrogens with one attached hydrogen (secondary N) is 2. The summed E-state index contributed by atoms with van der Waals surface area (Å²) >= 11 is 0. The van der Waals surface area contributed by atoms with Gasteiger partial charge >= 0.3 is 5.69 Å². The first-order chi connectivity index (χ1) is 5.69. The third-order valence-corrected chi connectivity index (χ3v) is 5.10. The standard InChI is InChI=1S/C6H12N2O2Si2/c1-11-3-4(9)7-6(10)8-5(3)12-2/h11-12H2,1-2H3,(H2,7,8,9,10). The summed E-state index contributed by atoms with van der Waals surface area (Å²) in [7, 11) is -0.905. The van der Waals surface area contributed by atoms with E-state index >= 15 is 0 Å². The van der Waals surface area contributed by atoms with E-state index in [1.807, 2.05) is 0 Å². The average Bonchev–Trinajstić information content (AvgIpc) is 2.03. The fourth-order valence-electron chi connectivity index (χ4n) is 1.24. The zero-order chi connectivity index (χ0) is 9.14. The number of hydrogen-bond donors (Lipinski definition) is 2. The van der Waals surface area contributed by atoms with Gasteiger partial charge in [0.15, 0.2) is 0 Å². The van der Waals surface area contributed by atoms with Gasteiger partial charge in [0.05, 0.1) is 19.0 Å². The Bertz CT molecular complexity index is 382. The van der Waals surface area contributed by atoms with Crippen molar-refractivity contribution in [1.29, 1.82) is 0 Å². The van der Waals surface area contributed by atoms with Gasteiger partial charge in [-0.3, -0.25) is 9.78 Å². The quantitative estimate of drug-likeness (QED) is 0.493. The van der Waals surface area contributed by atoms with Crippen molar-refractivity contribution in [2.24, 2.45) is 0 Å². The van der Waals surface area contributed by atoms with Gasteiger partial charge in [-0.25, -0.2) is 4.79 Å². The van der Waals surface area contributed by atoms with Crippen molar-refractivity contribution in [3.05, 3.63) is 20.8 Å². The van der Waals surface area contributed by atoms with Crippen molar-refractivity contribution in [2.45, 2.75) is 13.1 Å². The van der Waals surface area contributed by atoms with Crippen molar-refractivity contribution in [3.8, 4) is 0 Å². The molecule has 0 aliphatic rings. The lowest BCUT2D eigenvalue weighted by molar-refractivity contribution is 1.07. The van der Waals surface area contributed by atoms with Crippen LogP contribution in [0.1, 0.15) is 0 Å². The molecule has 0 atom stereocenters. The molecule has 12 heavy (non-hydrogen) atoms. The van der Waals surface area contributed by atoms with E-state index in [0.717, 1.165) is 10.5 Å². The lowest BCUT2D eigenvalue weighted by Gasteiger charge is -2.01. The second-order valence-corrected chi connectivity index (χ2v) is 5.40. The minimum atomic E-state index is -0.473. The maximum atomic E-state index is 11.2. The van der Waals surface area contributed by atoms with Gasteiger partial charge in [-0.1, -0.05) is 13.1 Å². The first-order valence-electron chi connectivity index (χ1n) is 4.03. The van der Waals surface area contributed by atoms with Gasteiger partial charge in [0.25, 0.3) is 5.56 Å². The molecule has 0 spiro atoms. The number of aromatic nitrogens is 2. The molecular formula is C6H12N2O2Si2. The monoisotopic (exact) mass is 200 g/mol. The third-order valence-electron chi connectivity index (χ3n) is 1.84. The fourth-order valence-corrected chi connectivity index (χ4v) is 4.58. The van der Waals surface area contributed by atoms with Crippen LogP contribution < -0.4 is 21.8 Å². The van der Waals surface area contributed by atoms with E-state index < -0.39 is 19.0 Å². The zero-order valence-electron chi connectivity index (χ0n) is 7.23. The molecule has 0 amide bonds. The Morgan fingerprint density at radius 2 is 1.75 bits per heavy atom. The predicted molar refractivity (Wildman–Crippen MR) is 55.8 cm³/mol. The summed E-state index contributed by atoms with van der Waals surface area (Å²) < 4.78 is 0. The average molecular weight is 200 g/mol. The summed E-state index contributed by atoms with van der Waals surface area (Å²) in [5.41, 5.74) is -0.534. The molecule has 0 aliphatic carbocycles. The maximum Gasteiger partial charge on any atom is 0.325 e. The SMILES string of the molecule is C[SiH2]c1[nH]c(=O)[nH]c(=O)c1[SiH2]C. The lowest BCUT2D eigenvalue weighted by atomic mass is 10.6.